The molecule has 1 aliphatic heterocycles. The summed E-state index contributed by atoms with van der Waals surface area (Å²) in [5.74, 6) is 0.192. The highest BCUT2D eigenvalue weighted by Gasteiger charge is 2.35. The summed E-state index contributed by atoms with van der Waals surface area (Å²) in [4.78, 5) is 42.4. The molecule has 1 aromatic heterocycles. The number of aromatic nitrogens is 1. The van der Waals surface area contributed by atoms with E-state index in [1.165, 1.54) is 0 Å². The molecule has 2 aliphatic rings. The summed E-state index contributed by atoms with van der Waals surface area (Å²) in [7, 11) is 0. The third-order valence-electron chi connectivity index (χ3n) is 7.23. The van der Waals surface area contributed by atoms with Crippen molar-refractivity contribution in [1.82, 2.24) is 10.3 Å². The van der Waals surface area contributed by atoms with Gasteiger partial charge in [0.05, 0.1) is 23.4 Å². The number of alkyl carbamates (subject to hydrolysis) is 1. The molecule has 0 saturated carbocycles. The quantitative estimate of drug-likeness (QED) is 0.417. The molecule has 0 radical (unpaired) electrons. The first-order valence-corrected chi connectivity index (χ1v) is 13.3. The lowest BCUT2D eigenvalue weighted by atomic mass is 9.69. The van der Waals surface area contributed by atoms with Gasteiger partial charge in [-0.25, -0.2) is 14.6 Å². The minimum atomic E-state index is -0.887. The average molecular weight is 545 g/mol. The molecule has 0 spiro atoms. The van der Waals surface area contributed by atoms with Crippen LogP contribution in [-0.4, -0.2) is 43.0 Å². The van der Waals surface area contributed by atoms with E-state index in [0.717, 1.165) is 28.8 Å². The molecule has 1 aliphatic carbocycles. The Balaban J connectivity index is 1.57. The van der Waals surface area contributed by atoms with Crippen molar-refractivity contribution in [2.75, 3.05) is 20.0 Å². The zero-order valence-electron chi connectivity index (χ0n) is 23.0. The van der Waals surface area contributed by atoms with Gasteiger partial charge >= 0.3 is 12.1 Å². The highest BCUT2D eigenvalue weighted by Crippen LogP contribution is 2.45. The Kier molecular flexibility index (Phi) is 7.47. The summed E-state index contributed by atoms with van der Waals surface area (Å²) in [6.45, 7) is 7.88. The molecule has 0 saturated heterocycles. The number of imide groups is 1. The molecule has 208 valence electrons. The van der Waals surface area contributed by atoms with Crippen molar-refractivity contribution in [1.29, 1.82) is 0 Å². The van der Waals surface area contributed by atoms with Crippen LogP contribution in [0, 0.1) is 11.3 Å². The van der Waals surface area contributed by atoms with Crippen LogP contribution < -0.4 is 14.8 Å². The Morgan fingerprint density at radius 3 is 2.60 bits per heavy atom. The second-order valence-corrected chi connectivity index (χ2v) is 10.9. The van der Waals surface area contributed by atoms with Gasteiger partial charge in [0.2, 0.25) is 6.79 Å². The number of amides is 2. The number of pyridine rings is 1. The first-order chi connectivity index (χ1) is 19.1. The van der Waals surface area contributed by atoms with Crippen LogP contribution in [0.1, 0.15) is 61.3 Å². The number of hydrogen-bond acceptors (Lipinski definition) is 8. The van der Waals surface area contributed by atoms with Crippen molar-refractivity contribution in [3.8, 4) is 11.5 Å². The van der Waals surface area contributed by atoms with E-state index >= 15 is 0 Å². The maximum absolute atomic E-state index is 13.6. The molecule has 1 N–H and O–H groups in total. The lowest BCUT2D eigenvalue weighted by Gasteiger charge is -2.36. The fourth-order valence-corrected chi connectivity index (χ4v) is 5.09. The number of carbonyl (C=O) groups is 3. The van der Waals surface area contributed by atoms with Crippen LogP contribution in [0.15, 0.2) is 42.5 Å². The zero-order valence-corrected chi connectivity index (χ0v) is 23.0. The summed E-state index contributed by atoms with van der Waals surface area (Å²) in [6.07, 6.45) is 2.59. The summed E-state index contributed by atoms with van der Waals surface area (Å²) in [6, 6.07) is 13.2. The van der Waals surface area contributed by atoms with Crippen LogP contribution in [0.2, 0.25) is 0 Å². The number of para-hydroxylation sites is 1. The number of carbonyl (C=O) groups excluding carboxylic acids is 3. The second kappa shape index (κ2) is 11.0. The SMILES string of the molecule is CCOC(=O)NC(=O)COC(=O)c1c2c(nc3ccccc13)/C(=C/c1ccc3c(c1)OCO3)C[C@H](C(C)(C)C)C2. The number of nitrogens with zero attached hydrogens (tertiary/aromatic N) is 1. The van der Waals surface area contributed by atoms with E-state index in [1.54, 1.807) is 6.92 Å². The van der Waals surface area contributed by atoms with E-state index in [0.29, 0.717) is 34.4 Å². The summed E-state index contributed by atoms with van der Waals surface area (Å²) in [5, 5.41) is 2.70. The molecule has 5 rings (SSSR count). The van der Waals surface area contributed by atoms with Gasteiger partial charge in [0, 0.05) is 5.39 Å². The Hall–Kier alpha value is -4.40. The normalized spacial score (nSPS) is 16.9. The largest absolute Gasteiger partial charge is 0.454 e. The molecule has 2 aromatic carbocycles. The van der Waals surface area contributed by atoms with E-state index in [4.69, 9.17) is 23.9 Å². The minimum absolute atomic E-state index is 0.0575. The number of ether oxygens (including phenoxy) is 4. The maximum atomic E-state index is 13.6. The topological polar surface area (TPSA) is 113 Å². The van der Waals surface area contributed by atoms with Gasteiger partial charge in [-0.15, -0.1) is 0 Å². The summed E-state index contributed by atoms with van der Waals surface area (Å²) in [5.41, 5.74) is 4.43. The first-order valence-electron chi connectivity index (χ1n) is 13.3. The highest BCUT2D eigenvalue weighted by molar-refractivity contribution is 6.07. The van der Waals surface area contributed by atoms with Crippen molar-refractivity contribution < 1.29 is 33.3 Å². The van der Waals surface area contributed by atoms with Gasteiger partial charge in [-0.2, -0.15) is 0 Å². The predicted molar refractivity (Wildman–Crippen MR) is 149 cm³/mol. The highest BCUT2D eigenvalue weighted by atomic mass is 16.7. The Morgan fingerprint density at radius 2 is 1.82 bits per heavy atom. The molecule has 0 bridgehead atoms. The monoisotopic (exact) mass is 544 g/mol. The number of fused-ring (bicyclic) bond motifs is 3. The van der Waals surface area contributed by atoms with Crippen LogP contribution in [0.25, 0.3) is 22.6 Å². The number of nitrogens with one attached hydrogen (secondary N) is 1. The van der Waals surface area contributed by atoms with Crippen LogP contribution in [0.4, 0.5) is 4.79 Å². The van der Waals surface area contributed by atoms with Crippen LogP contribution in [0.3, 0.4) is 0 Å². The Bertz CT molecular complexity index is 1520. The van der Waals surface area contributed by atoms with Crippen molar-refractivity contribution in [2.45, 2.75) is 40.5 Å². The molecule has 3 aromatic rings. The lowest BCUT2D eigenvalue weighted by molar-refractivity contribution is -0.123. The number of allylic oxidation sites excluding steroid dienone is 1. The van der Waals surface area contributed by atoms with E-state index in [2.05, 4.69) is 26.8 Å². The summed E-state index contributed by atoms with van der Waals surface area (Å²) >= 11 is 0. The standard InChI is InChI=1S/C31H32N2O7/c1-5-37-30(36)33-26(34)16-38-29(35)27-21-8-6-7-9-23(21)32-28-19(14-20(15-22(27)28)31(2,3)4)12-18-10-11-24-25(13-18)40-17-39-24/h6-13,20H,5,14-17H2,1-4H3,(H,33,34,36)/b19-12+/t20-/m0/s1. The van der Waals surface area contributed by atoms with E-state index in [1.807, 2.05) is 47.8 Å². The fraction of sp³-hybridized carbons (Fsp3) is 0.355. The molecule has 2 amide bonds. The predicted octanol–water partition coefficient (Wildman–Crippen LogP) is 5.54. The molecule has 0 fully saturated rings. The molecular formula is C31H32N2O7. The van der Waals surface area contributed by atoms with Crippen molar-refractivity contribution in [3.63, 3.8) is 0 Å². The summed E-state index contributed by atoms with van der Waals surface area (Å²) < 4.78 is 21.2. The fourth-order valence-electron chi connectivity index (χ4n) is 5.09. The third-order valence-corrected chi connectivity index (χ3v) is 7.23. The van der Waals surface area contributed by atoms with Crippen LogP contribution >= 0.6 is 0 Å². The average Bonchev–Trinajstić information content (AvgIpc) is 3.38. The number of hydrogen-bond donors (Lipinski definition) is 1. The van der Waals surface area contributed by atoms with Crippen LogP contribution in [-0.2, 0) is 20.7 Å². The third kappa shape index (κ3) is 5.64. The molecule has 9 heteroatoms. The zero-order chi connectivity index (χ0) is 28.4. The van der Waals surface area contributed by atoms with Gasteiger partial charge in [-0.3, -0.25) is 10.1 Å². The van der Waals surface area contributed by atoms with Crippen molar-refractivity contribution in [2.24, 2.45) is 11.3 Å². The Morgan fingerprint density at radius 1 is 1.05 bits per heavy atom. The maximum Gasteiger partial charge on any atom is 0.413 e. The molecule has 9 nitrogen and oxygen atoms in total. The number of benzene rings is 2. The second-order valence-electron chi connectivity index (χ2n) is 10.9. The van der Waals surface area contributed by atoms with Gasteiger partial charge in [-0.1, -0.05) is 45.0 Å². The van der Waals surface area contributed by atoms with E-state index < -0.39 is 24.6 Å². The number of rotatable bonds is 5. The van der Waals surface area contributed by atoms with Crippen molar-refractivity contribution in [3.05, 3.63) is 64.8 Å². The first kappa shape index (κ1) is 27.2. The molecule has 0 unspecified atom stereocenters. The van der Waals surface area contributed by atoms with Gasteiger partial charge < -0.3 is 18.9 Å². The van der Waals surface area contributed by atoms with E-state index in [9.17, 15) is 14.4 Å². The Labute approximate surface area is 232 Å². The van der Waals surface area contributed by atoms with Gasteiger partial charge in [0.15, 0.2) is 18.1 Å². The van der Waals surface area contributed by atoms with Crippen molar-refractivity contribution >= 4 is 40.5 Å². The molecule has 1 atom stereocenters. The van der Waals surface area contributed by atoms with E-state index in [-0.39, 0.29) is 24.7 Å². The minimum Gasteiger partial charge on any atom is -0.454 e. The lowest BCUT2D eigenvalue weighted by Crippen LogP contribution is -2.35. The van der Waals surface area contributed by atoms with Gasteiger partial charge in [-0.05, 0) is 72.1 Å². The van der Waals surface area contributed by atoms with Gasteiger partial charge in [0.1, 0.15) is 0 Å². The molecular weight excluding hydrogens is 512 g/mol. The van der Waals surface area contributed by atoms with Crippen LogP contribution in [0.5, 0.6) is 11.5 Å². The van der Waals surface area contributed by atoms with Gasteiger partial charge in [0.25, 0.3) is 5.91 Å². The molecule has 40 heavy (non-hydrogen) atoms. The number of esters is 1. The molecule has 2 heterocycles. The smallest absolute Gasteiger partial charge is 0.413 e.